The van der Waals surface area contributed by atoms with Crippen molar-refractivity contribution >= 4 is 7.60 Å². The van der Waals surface area contributed by atoms with E-state index in [2.05, 4.69) is 0 Å². The molecule has 66 valence electrons. The van der Waals surface area contributed by atoms with E-state index in [9.17, 15) is 4.57 Å². The third-order valence-corrected chi connectivity index (χ3v) is 2.58. The average molecular weight is 178 g/mol. The zero-order valence-corrected chi connectivity index (χ0v) is 8.04. The fourth-order valence-corrected chi connectivity index (χ4v) is 1.67. The van der Waals surface area contributed by atoms with E-state index in [0.717, 1.165) is 6.42 Å². The molecule has 0 spiro atoms. The van der Waals surface area contributed by atoms with Crippen LogP contribution in [-0.2, 0) is 9.09 Å². The van der Waals surface area contributed by atoms with Gasteiger partial charge >= 0.3 is 7.60 Å². The van der Waals surface area contributed by atoms with E-state index < -0.39 is 7.60 Å². The molecule has 0 saturated carbocycles. The summed E-state index contributed by atoms with van der Waals surface area (Å²) in [5.41, 5.74) is 0. The van der Waals surface area contributed by atoms with Crippen LogP contribution < -0.4 is 0 Å². The lowest BCUT2D eigenvalue weighted by atomic mass is 10.3. The quantitative estimate of drug-likeness (QED) is 0.673. The highest BCUT2D eigenvalue weighted by atomic mass is 31.2. The van der Waals surface area contributed by atoms with E-state index in [1.165, 1.54) is 11.9 Å². The van der Waals surface area contributed by atoms with Gasteiger partial charge in [-0.1, -0.05) is 13.0 Å². The lowest BCUT2D eigenvalue weighted by Gasteiger charge is -2.12. The first kappa shape index (κ1) is 10.9. The van der Waals surface area contributed by atoms with Gasteiger partial charge in [-0.3, -0.25) is 4.57 Å². The number of allylic oxidation sites excluding steroid dienone is 1. The molecule has 0 rings (SSSR count). The molecule has 11 heavy (non-hydrogen) atoms. The van der Waals surface area contributed by atoms with Gasteiger partial charge in [-0.25, -0.2) is 0 Å². The number of hydrogen-bond donors (Lipinski definition) is 1. The Labute approximate surface area is 67.6 Å². The summed E-state index contributed by atoms with van der Waals surface area (Å²) < 4.78 is 15.9. The second-order valence-corrected chi connectivity index (χ2v) is 4.01. The van der Waals surface area contributed by atoms with Crippen molar-refractivity contribution in [3.8, 4) is 0 Å². The highest BCUT2D eigenvalue weighted by Crippen LogP contribution is 2.45. The second kappa shape index (κ2) is 4.70. The van der Waals surface area contributed by atoms with E-state index in [4.69, 9.17) is 9.42 Å². The molecule has 4 heteroatoms. The van der Waals surface area contributed by atoms with Crippen molar-refractivity contribution in [2.24, 2.45) is 0 Å². The molecule has 0 heterocycles. The summed E-state index contributed by atoms with van der Waals surface area (Å²) in [7, 11) is -3.45. The van der Waals surface area contributed by atoms with Crippen LogP contribution in [0.25, 0.3) is 0 Å². The van der Waals surface area contributed by atoms with Crippen LogP contribution in [0.4, 0.5) is 0 Å². The minimum absolute atomic E-state index is 0.165. The molecule has 0 bridgehead atoms. The third kappa shape index (κ3) is 5.19. The summed E-state index contributed by atoms with van der Waals surface area (Å²) >= 11 is 0. The summed E-state index contributed by atoms with van der Waals surface area (Å²) in [6.07, 6.45) is 2.09. The summed E-state index contributed by atoms with van der Waals surface area (Å²) in [5, 5.41) is 0. The van der Waals surface area contributed by atoms with Gasteiger partial charge < -0.3 is 9.42 Å². The topological polar surface area (TPSA) is 46.5 Å². The van der Waals surface area contributed by atoms with Crippen molar-refractivity contribution in [1.82, 2.24) is 0 Å². The van der Waals surface area contributed by atoms with Crippen LogP contribution in [0.2, 0.25) is 0 Å². The van der Waals surface area contributed by atoms with Gasteiger partial charge in [0.25, 0.3) is 0 Å². The summed E-state index contributed by atoms with van der Waals surface area (Å²) in [4.78, 5) is 9.06. The van der Waals surface area contributed by atoms with E-state index >= 15 is 0 Å². The van der Waals surface area contributed by atoms with E-state index in [0.29, 0.717) is 0 Å². The van der Waals surface area contributed by atoms with Gasteiger partial charge in [0.1, 0.15) is 0 Å². The highest BCUT2D eigenvalue weighted by molar-refractivity contribution is 7.56. The van der Waals surface area contributed by atoms with Gasteiger partial charge in [-0.05, 0) is 20.3 Å². The average Bonchev–Trinajstić information content (AvgIpc) is 1.86. The zero-order valence-electron chi connectivity index (χ0n) is 7.15. The molecule has 0 saturated heterocycles. The van der Waals surface area contributed by atoms with Gasteiger partial charge in [0.05, 0.1) is 6.10 Å². The maximum atomic E-state index is 11.0. The van der Waals surface area contributed by atoms with Crippen LogP contribution in [0.1, 0.15) is 27.2 Å². The van der Waals surface area contributed by atoms with Crippen LogP contribution in [0.3, 0.4) is 0 Å². The molecule has 1 N–H and O–H groups in total. The fraction of sp³-hybridized carbons (Fsp3) is 0.714. The van der Waals surface area contributed by atoms with Gasteiger partial charge in [0, 0.05) is 5.82 Å². The molecule has 0 aromatic carbocycles. The summed E-state index contributed by atoms with van der Waals surface area (Å²) in [6, 6.07) is 0. The Bertz CT molecular complexity index is 177. The predicted octanol–water partition coefficient (Wildman–Crippen LogP) is 2.52. The molecular formula is C7H15O3P. The van der Waals surface area contributed by atoms with Crippen LogP contribution in [0.5, 0.6) is 0 Å². The van der Waals surface area contributed by atoms with Crippen LogP contribution in [0, 0.1) is 0 Å². The molecule has 2 unspecified atom stereocenters. The Hall–Kier alpha value is -0.110. The van der Waals surface area contributed by atoms with Crippen molar-refractivity contribution in [1.29, 1.82) is 0 Å². The standard InChI is InChI=1S/C7H15O3P/c1-4-6-11(8,9)10-7(3)5-2/h4,6-7H,5H2,1-3H3,(H,8,9). The highest BCUT2D eigenvalue weighted by Gasteiger charge is 2.16. The van der Waals surface area contributed by atoms with Crippen LogP contribution in [-0.4, -0.2) is 11.0 Å². The maximum absolute atomic E-state index is 11.0. The zero-order chi connectivity index (χ0) is 8.91. The Morgan fingerprint density at radius 3 is 2.64 bits per heavy atom. The molecule has 2 atom stereocenters. The molecule has 0 radical (unpaired) electrons. The van der Waals surface area contributed by atoms with E-state index in [1.807, 2.05) is 6.92 Å². The normalized spacial score (nSPS) is 20.0. The van der Waals surface area contributed by atoms with Gasteiger partial charge in [0.15, 0.2) is 0 Å². The molecule has 3 nitrogen and oxygen atoms in total. The number of hydrogen-bond acceptors (Lipinski definition) is 2. The lowest BCUT2D eigenvalue weighted by molar-refractivity contribution is 0.191. The minimum Gasteiger partial charge on any atom is -0.321 e. The molecule has 0 aromatic heterocycles. The van der Waals surface area contributed by atoms with Crippen molar-refractivity contribution < 1.29 is 14.0 Å². The van der Waals surface area contributed by atoms with Crippen molar-refractivity contribution in [3.05, 3.63) is 11.9 Å². The Kier molecular flexibility index (Phi) is 4.66. The number of rotatable bonds is 4. The molecule has 0 amide bonds. The van der Waals surface area contributed by atoms with Crippen molar-refractivity contribution in [3.63, 3.8) is 0 Å². The smallest absolute Gasteiger partial charge is 0.321 e. The third-order valence-electron chi connectivity index (χ3n) is 1.24. The van der Waals surface area contributed by atoms with Gasteiger partial charge in [-0.2, -0.15) is 0 Å². The SMILES string of the molecule is CC=CP(=O)(O)OC(C)CC. The fourth-order valence-electron chi connectivity index (χ4n) is 0.556. The largest absolute Gasteiger partial charge is 0.351 e. The van der Waals surface area contributed by atoms with Crippen LogP contribution >= 0.6 is 7.60 Å². The minimum atomic E-state index is -3.45. The molecule has 0 aromatic rings. The van der Waals surface area contributed by atoms with Crippen molar-refractivity contribution in [2.45, 2.75) is 33.3 Å². The Morgan fingerprint density at radius 1 is 1.73 bits per heavy atom. The molecular weight excluding hydrogens is 163 g/mol. The van der Waals surface area contributed by atoms with Gasteiger partial charge in [-0.15, -0.1) is 0 Å². The molecule has 0 fully saturated rings. The van der Waals surface area contributed by atoms with E-state index in [-0.39, 0.29) is 6.10 Å². The summed E-state index contributed by atoms with van der Waals surface area (Å²) in [6.45, 7) is 5.36. The first-order valence-corrected chi connectivity index (χ1v) is 5.31. The van der Waals surface area contributed by atoms with E-state index in [1.54, 1.807) is 13.8 Å². The second-order valence-electron chi connectivity index (χ2n) is 2.37. The maximum Gasteiger partial charge on any atom is 0.351 e. The first-order chi connectivity index (χ1) is 5.02. The van der Waals surface area contributed by atoms with Crippen molar-refractivity contribution in [2.75, 3.05) is 0 Å². The predicted molar refractivity (Wildman–Crippen MR) is 45.5 cm³/mol. The Balaban J connectivity index is 4.02. The lowest BCUT2D eigenvalue weighted by Crippen LogP contribution is -2.02. The monoisotopic (exact) mass is 178 g/mol. The molecule has 0 aliphatic rings. The summed E-state index contributed by atoms with van der Waals surface area (Å²) in [5.74, 6) is 1.19. The molecule has 0 aliphatic carbocycles. The Morgan fingerprint density at radius 2 is 2.27 bits per heavy atom. The first-order valence-electron chi connectivity index (χ1n) is 3.66. The molecule has 0 aliphatic heterocycles. The van der Waals surface area contributed by atoms with Crippen LogP contribution in [0.15, 0.2) is 11.9 Å². The van der Waals surface area contributed by atoms with Gasteiger partial charge in [0.2, 0.25) is 0 Å².